The maximum absolute atomic E-state index is 9.09. The van der Waals surface area contributed by atoms with Crippen LogP contribution in [0.5, 0.6) is 11.5 Å². The molecule has 0 bridgehead atoms. The standard InChI is InChI=1S/C13H12ClNO3/c14-10-5-9(12-8(7-15)1-2-17-12)6-11-13(10)18-4-3-16-11/h5-6,8,12H,1-4H2. The van der Waals surface area contributed by atoms with Crippen molar-refractivity contribution in [2.24, 2.45) is 5.92 Å². The first-order valence-corrected chi connectivity index (χ1v) is 6.27. The summed E-state index contributed by atoms with van der Waals surface area (Å²) in [5, 5.41) is 9.60. The molecule has 2 unspecified atom stereocenters. The van der Waals surface area contributed by atoms with Crippen LogP contribution in [0.3, 0.4) is 0 Å². The highest BCUT2D eigenvalue weighted by Gasteiger charge is 2.31. The van der Waals surface area contributed by atoms with Crippen molar-refractivity contribution in [2.45, 2.75) is 12.5 Å². The molecular formula is C13H12ClNO3. The van der Waals surface area contributed by atoms with E-state index >= 15 is 0 Å². The highest BCUT2D eigenvalue weighted by Crippen LogP contribution is 2.43. The van der Waals surface area contributed by atoms with E-state index in [2.05, 4.69) is 6.07 Å². The van der Waals surface area contributed by atoms with E-state index in [0.717, 1.165) is 12.0 Å². The van der Waals surface area contributed by atoms with Crippen LogP contribution in [-0.2, 0) is 4.74 Å². The molecule has 0 amide bonds. The summed E-state index contributed by atoms with van der Waals surface area (Å²) in [4.78, 5) is 0. The van der Waals surface area contributed by atoms with Crippen molar-refractivity contribution in [1.29, 1.82) is 5.26 Å². The van der Waals surface area contributed by atoms with Crippen molar-refractivity contribution in [2.75, 3.05) is 19.8 Å². The van der Waals surface area contributed by atoms with Gasteiger partial charge in [-0.05, 0) is 24.1 Å². The number of halogens is 1. The van der Waals surface area contributed by atoms with Crippen LogP contribution < -0.4 is 9.47 Å². The summed E-state index contributed by atoms with van der Waals surface area (Å²) in [6.07, 6.45) is 0.538. The number of nitrogens with zero attached hydrogens (tertiary/aromatic N) is 1. The first kappa shape index (κ1) is 11.6. The fourth-order valence-electron chi connectivity index (χ4n) is 2.35. The van der Waals surface area contributed by atoms with E-state index < -0.39 is 0 Å². The smallest absolute Gasteiger partial charge is 0.179 e. The van der Waals surface area contributed by atoms with Gasteiger partial charge in [-0.15, -0.1) is 0 Å². The van der Waals surface area contributed by atoms with Crippen LogP contribution in [0, 0.1) is 17.2 Å². The number of benzene rings is 1. The van der Waals surface area contributed by atoms with Gasteiger partial charge in [0.1, 0.15) is 13.2 Å². The summed E-state index contributed by atoms with van der Waals surface area (Å²) in [6.45, 7) is 1.63. The molecule has 0 spiro atoms. The van der Waals surface area contributed by atoms with E-state index in [1.165, 1.54) is 0 Å². The molecule has 0 aromatic heterocycles. The van der Waals surface area contributed by atoms with Gasteiger partial charge in [0, 0.05) is 6.61 Å². The molecule has 0 aliphatic carbocycles. The van der Waals surface area contributed by atoms with Gasteiger partial charge in [0.2, 0.25) is 0 Å². The Kier molecular flexibility index (Phi) is 3.02. The van der Waals surface area contributed by atoms with Gasteiger partial charge in [0.15, 0.2) is 11.5 Å². The Morgan fingerprint density at radius 1 is 1.22 bits per heavy atom. The molecule has 1 aromatic carbocycles. The van der Waals surface area contributed by atoms with Gasteiger partial charge >= 0.3 is 0 Å². The quantitative estimate of drug-likeness (QED) is 0.783. The Labute approximate surface area is 110 Å². The van der Waals surface area contributed by atoms with Crippen LogP contribution in [-0.4, -0.2) is 19.8 Å². The Morgan fingerprint density at radius 3 is 2.89 bits per heavy atom. The molecule has 2 atom stereocenters. The average Bonchev–Trinajstić information content (AvgIpc) is 2.87. The Morgan fingerprint density at radius 2 is 2.06 bits per heavy atom. The van der Waals surface area contributed by atoms with Crippen LogP contribution in [0.4, 0.5) is 0 Å². The monoisotopic (exact) mass is 265 g/mol. The average molecular weight is 266 g/mol. The minimum absolute atomic E-state index is 0.122. The second-order valence-corrected chi connectivity index (χ2v) is 4.75. The van der Waals surface area contributed by atoms with E-state index in [0.29, 0.717) is 36.3 Å². The molecule has 18 heavy (non-hydrogen) atoms. The molecule has 3 rings (SSSR count). The Bertz CT molecular complexity index is 512. The number of fused-ring (bicyclic) bond motifs is 1. The summed E-state index contributed by atoms with van der Waals surface area (Å²) >= 11 is 6.17. The third-order valence-corrected chi connectivity index (χ3v) is 3.49. The van der Waals surface area contributed by atoms with E-state index in [1.807, 2.05) is 6.07 Å². The van der Waals surface area contributed by atoms with E-state index in [-0.39, 0.29) is 12.0 Å². The van der Waals surface area contributed by atoms with E-state index in [9.17, 15) is 0 Å². The number of hydrogen-bond acceptors (Lipinski definition) is 4. The Hall–Kier alpha value is -1.44. The second kappa shape index (κ2) is 4.68. The van der Waals surface area contributed by atoms with Crippen LogP contribution in [0.1, 0.15) is 18.1 Å². The van der Waals surface area contributed by atoms with Gasteiger partial charge in [-0.25, -0.2) is 0 Å². The highest BCUT2D eigenvalue weighted by molar-refractivity contribution is 6.32. The molecule has 1 fully saturated rings. The lowest BCUT2D eigenvalue weighted by atomic mass is 9.96. The number of nitriles is 1. The van der Waals surface area contributed by atoms with Gasteiger partial charge < -0.3 is 14.2 Å². The molecule has 2 heterocycles. The number of rotatable bonds is 1. The predicted octanol–water partition coefficient (Wildman–Crippen LogP) is 2.71. The van der Waals surface area contributed by atoms with E-state index in [1.54, 1.807) is 6.07 Å². The summed E-state index contributed by atoms with van der Waals surface area (Å²) in [5.74, 6) is 1.10. The minimum atomic E-state index is -0.219. The predicted molar refractivity (Wildman–Crippen MR) is 64.9 cm³/mol. The van der Waals surface area contributed by atoms with Gasteiger partial charge in [0.25, 0.3) is 0 Å². The molecule has 2 aliphatic heterocycles. The Balaban J connectivity index is 1.98. The highest BCUT2D eigenvalue weighted by atomic mass is 35.5. The second-order valence-electron chi connectivity index (χ2n) is 4.34. The number of hydrogen-bond donors (Lipinski definition) is 0. The topological polar surface area (TPSA) is 51.5 Å². The lowest BCUT2D eigenvalue weighted by Gasteiger charge is -2.22. The van der Waals surface area contributed by atoms with Crippen LogP contribution in [0.2, 0.25) is 5.02 Å². The molecule has 0 radical (unpaired) electrons. The first-order chi connectivity index (χ1) is 8.79. The maximum atomic E-state index is 9.09. The van der Waals surface area contributed by atoms with Crippen molar-refractivity contribution < 1.29 is 14.2 Å². The zero-order valence-electron chi connectivity index (χ0n) is 9.69. The zero-order chi connectivity index (χ0) is 12.5. The number of ether oxygens (including phenoxy) is 3. The maximum Gasteiger partial charge on any atom is 0.179 e. The lowest BCUT2D eigenvalue weighted by molar-refractivity contribution is 0.0998. The molecular weight excluding hydrogens is 254 g/mol. The van der Waals surface area contributed by atoms with E-state index in [4.69, 9.17) is 31.1 Å². The molecule has 1 aromatic rings. The summed E-state index contributed by atoms with van der Waals surface area (Å²) in [5.41, 5.74) is 0.883. The first-order valence-electron chi connectivity index (χ1n) is 5.90. The van der Waals surface area contributed by atoms with Crippen molar-refractivity contribution in [3.63, 3.8) is 0 Å². The van der Waals surface area contributed by atoms with Crippen LogP contribution >= 0.6 is 11.6 Å². The molecule has 5 heteroatoms. The molecule has 1 saturated heterocycles. The normalized spacial score (nSPS) is 25.8. The summed E-state index contributed by atoms with van der Waals surface area (Å²) in [6, 6.07) is 5.93. The molecule has 94 valence electrons. The molecule has 0 N–H and O–H groups in total. The van der Waals surface area contributed by atoms with Gasteiger partial charge in [0.05, 0.1) is 23.1 Å². The zero-order valence-corrected chi connectivity index (χ0v) is 10.4. The van der Waals surface area contributed by atoms with Gasteiger partial charge in [-0.3, -0.25) is 0 Å². The van der Waals surface area contributed by atoms with Crippen molar-refractivity contribution in [3.8, 4) is 17.6 Å². The fourth-order valence-corrected chi connectivity index (χ4v) is 2.62. The van der Waals surface area contributed by atoms with Crippen molar-refractivity contribution in [3.05, 3.63) is 22.7 Å². The van der Waals surface area contributed by atoms with Crippen LogP contribution in [0.15, 0.2) is 12.1 Å². The summed E-state index contributed by atoms with van der Waals surface area (Å²) in [7, 11) is 0. The molecule has 0 saturated carbocycles. The van der Waals surface area contributed by atoms with Gasteiger partial charge in [-0.1, -0.05) is 11.6 Å². The minimum Gasteiger partial charge on any atom is -0.486 e. The third-order valence-electron chi connectivity index (χ3n) is 3.21. The largest absolute Gasteiger partial charge is 0.486 e. The fraction of sp³-hybridized carbons (Fsp3) is 0.462. The SMILES string of the molecule is N#CC1CCOC1c1cc(Cl)c2c(c1)OCCO2. The lowest BCUT2D eigenvalue weighted by Crippen LogP contribution is -2.16. The van der Waals surface area contributed by atoms with Crippen molar-refractivity contribution >= 4 is 11.6 Å². The van der Waals surface area contributed by atoms with Crippen molar-refractivity contribution in [1.82, 2.24) is 0 Å². The third kappa shape index (κ3) is 1.90. The molecule has 2 aliphatic rings. The summed E-state index contributed by atoms with van der Waals surface area (Å²) < 4.78 is 16.6. The van der Waals surface area contributed by atoms with Gasteiger partial charge in [-0.2, -0.15) is 5.26 Å². The van der Waals surface area contributed by atoms with Crippen LogP contribution in [0.25, 0.3) is 0 Å². The molecule has 4 nitrogen and oxygen atoms in total.